The Hall–Kier alpha value is -3.61. The number of allylic oxidation sites excluding steroid dienone is 4. The number of rotatable bonds is 7. The van der Waals surface area contributed by atoms with E-state index in [9.17, 15) is 4.79 Å². The van der Waals surface area contributed by atoms with Crippen molar-refractivity contribution in [3.05, 3.63) is 94.0 Å². The number of halogens is 2. The Balaban J connectivity index is 1.64. The SMILES string of the molecule is C=C/C=C(\C=C1\C=NC(c2ccc3c(c2)N(C(=O)C=C)CC3)=NC1)c1c(Cl)c(OC)cc(OC)c1Cl. The lowest BCUT2D eigenvalue weighted by Crippen LogP contribution is -2.26. The van der Waals surface area contributed by atoms with Gasteiger partial charge in [-0.15, -0.1) is 0 Å². The Labute approximate surface area is 220 Å². The molecule has 0 N–H and O–H groups in total. The number of hydrogen-bond acceptors (Lipinski definition) is 5. The van der Waals surface area contributed by atoms with Crippen LogP contribution in [0.2, 0.25) is 10.0 Å². The first kappa shape index (κ1) is 25.5. The summed E-state index contributed by atoms with van der Waals surface area (Å²) in [5, 5.41) is 0.726. The fourth-order valence-electron chi connectivity index (χ4n) is 4.17. The van der Waals surface area contributed by atoms with Crippen LogP contribution in [0.1, 0.15) is 16.7 Å². The summed E-state index contributed by atoms with van der Waals surface area (Å²) in [5.74, 6) is 1.37. The molecule has 6 nitrogen and oxygen atoms in total. The zero-order valence-corrected chi connectivity index (χ0v) is 21.6. The van der Waals surface area contributed by atoms with Gasteiger partial charge in [-0.1, -0.05) is 60.6 Å². The molecule has 1 amide bonds. The highest BCUT2D eigenvalue weighted by molar-refractivity contribution is 6.39. The van der Waals surface area contributed by atoms with Crippen LogP contribution in [0.25, 0.3) is 5.57 Å². The second-order valence-electron chi connectivity index (χ2n) is 8.05. The average Bonchev–Trinajstić information content (AvgIpc) is 3.32. The predicted molar refractivity (Wildman–Crippen MR) is 148 cm³/mol. The monoisotopic (exact) mass is 521 g/mol. The Kier molecular flexibility index (Phi) is 7.77. The minimum Gasteiger partial charge on any atom is -0.495 e. The van der Waals surface area contributed by atoms with Crippen molar-refractivity contribution in [3.63, 3.8) is 0 Å². The third-order valence-corrected chi connectivity index (χ3v) is 6.69. The van der Waals surface area contributed by atoms with Gasteiger partial charge in [0, 0.05) is 35.6 Å². The van der Waals surface area contributed by atoms with E-state index in [4.69, 9.17) is 32.7 Å². The molecule has 0 aromatic heterocycles. The van der Waals surface area contributed by atoms with Gasteiger partial charge >= 0.3 is 0 Å². The maximum absolute atomic E-state index is 12.2. The number of carbonyl (C=O) groups is 1. The molecule has 2 heterocycles. The quantitative estimate of drug-likeness (QED) is 0.326. The Morgan fingerprint density at radius 2 is 1.83 bits per heavy atom. The summed E-state index contributed by atoms with van der Waals surface area (Å²) in [6.07, 6.45) is 9.28. The molecule has 2 aliphatic rings. The lowest BCUT2D eigenvalue weighted by atomic mass is 10.0. The first-order valence-electron chi connectivity index (χ1n) is 11.2. The molecule has 8 heteroatoms. The summed E-state index contributed by atoms with van der Waals surface area (Å²) in [4.78, 5) is 23.2. The lowest BCUT2D eigenvalue weighted by molar-refractivity contribution is -0.114. The second kappa shape index (κ2) is 11.0. The smallest absolute Gasteiger partial charge is 0.250 e. The molecule has 0 fully saturated rings. The third kappa shape index (κ3) is 4.87. The molecular weight excluding hydrogens is 497 g/mol. The van der Waals surface area contributed by atoms with Crippen molar-refractivity contribution in [2.75, 3.05) is 32.2 Å². The van der Waals surface area contributed by atoms with Crippen molar-refractivity contribution in [2.45, 2.75) is 6.42 Å². The van der Waals surface area contributed by atoms with Crippen molar-refractivity contribution < 1.29 is 14.3 Å². The first-order chi connectivity index (χ1) is 17.4. The Morgan fingerprint density at radius 3 is 2.42 bits per heavy atom. The van der Waals surface area contributed by atoms with Crippen molar-refractivity contribution >= 4 is 52.4 Å². The minimum absolute atomic E-state index is 0.113. The van der Waals surface area contributed by atoms with Crippen molar-refractivity contribution in [1.82, 2.24) is 0 Å². The Bertz CT molecular complexity index is 1340. The van der Waals surface area contributed by atoms with Crippen LogP contribution in [0.5, 0.6) is 11.5 Å². The number of hydrogen-bond donors (Lipinski definition) is 0. The number of aliphatic imine (C=N–C) groups is 2. The molecular formula is C28H25Cl2N3O3. The average molecular weight is 522 g/mol. The van der Waals surface area contributed by atoms with Gasteiger partial charge in [-0.05, 0) is 41.3 Å². The highest BCUT2D eigenvalue weighted by atomic mass is 35.5. The number of benzene rings is 2. The van der Waals surface area contributed by atoms with Crippen LogP contribution in [0.15, 0.2) is 77.3 Å². The predicted octanol–water partition coefficient (Wildman–Crippen LogP) is 6.11. The summed E-state index contributed by atoms with van der Waals surface area (Å²) in [6.45, 7) is 8.46. The number of ether oxygens (including phenoxy) is 2. The molecule has 2 aromatic rings. The molecule has 2 aromatic carbocycles. The van der Waals surface area contributed by atoms with Crippen LogP contribution in [0.4, 0.5) is 5.69 Å². The van der Waals surface area contributed by atoms with Crippen molar-refractivity contribution in [2.24, 2.45) is 9.98 Å². The minimum atomic E-state index is -0.113. The molecule has 184 valence electrons. The summed E-state index contributed by atoms with van der Waals surface area (Å²) >= 11 is 13.2. The van der Waals surface area contributed by atoms with Gasteiger partial charge in [0.25, 0.3) is 0 Å². The van der Waals surface area contributed by atoms with Crippen LogP contribution >= 0.6 is 23.2 Å². The third-order valence-electron chi connectivity index (χ3n) is 5.94. The molecule has 0 saturated heterocycles. The maximum atomic E-state index is 12.2. The van der Waals surface area contributed by atoms with Gasteiger partial charge in [-0.2, -0.15) is 0 Å². The summed E-state index contributed by atoms with van der Waals surface area (Å²) < 4.78 is 10.8. The molecule has 0 unspecified atom stereocenters. The van der Waals surface area contributed by atoms with Crippen molar-refractivity contribution in [1.29, 1.82) is 0 Å². The molecule has 0 saturated carbocycles. The van der Waals surface area contributed by atoms with Crippen LogP contribution in [0, 0.1) is 0 Å². The van der Waals surface area contributed by atoms with E-state index in [-0.39, 0.29) is 5.91 Å². The van der Waals surface area contributed by atoms with E-state index in [1.807, 2.05) is 24.3 Å². The number of carbonyl (C=O) groups excluding carboxylic acids is 1. The maximum Gasteiger partial charge on any atom is 0.250 e. The fraction of sp³-hybridized carbons (Fsp3) is 0.179. The standard InChI is InChI=1S/C28H25Cl2N3O3/c1-5-7-19(25-26(29)22(35-3)14-23(36-4)27(25)30)12-17-15-31-28(32-16-17)20-9-8-18-10-11-33(21(18)13-20)24(34)6-2/h5-9,12-15H,1-2,10-11,16H2,3-4H3/b17-12-,19-7+. The molecule has 4 rings (SSSR count). The van der Waals surface area contributed by atoms with Gasteiger partial charge in [0.1, 0.15) is 11.5 Å². The van der Waals surface area contributed by atoms with Gasteiger partial charge < -0.3 is 14.4 Å². The van der Waals surface area contributed by atoms with E-state index in [0.717, 1.165) is 28.8 Å². The van der Waals surface area contributed by atoms with Crippen LogP contribution in [-0.2, 0) is 11.2 Å². The highest BCUT2D eigenvalue weighted by Gasteiger charge is 2.24. The number of amidine groups is 1. The van der Waals surface area contributed by atoms with Crippen molar-refractivity contribution in [3.8, 4) is 11.5 Å². The summed E-state index contributed by atoms with van der Waals surface area (Å²) in [7, 11) is 3.06. The van der Waals surface area contributed by atoms with Gasteiger partial charge in [0.15, 0.2) is 5.84 Å². The Morgan fingerprint density at radius 1 is 1.11 bits per heavy atom. The van der Waals surface area contributed by atoms with Gasteiger partial charge in [0.2, 0.25) is 5.91 Å². The number of anilines is 1. The van der Waals surface area contributed by atoms with E-state index in [1.54, 1.807) is 29.3 Å². The highest BCUT2D eigenvalue weighted by Crippen LogP contribution is 2.44. The van der Waals surface area contributed by atoms with Crippen LogP contribution < -0.4 is 14.4 Å². The number of fused-ring (bicyclic) bond motifs is 1. The van der Waals surface area contributed by atoms with Crippen LogP contribution in [-0.4, -0.2) is 45.3 Å². The van der Waals surface area contributed by atoms with E-state index >= 15 is 0 Å². The van der Waals surface area contributed by atoms with E-state index in [2.05, 4.69) is 23.1 Å². The summed E-state index contributed by atoms with van der Waals surface area (Å²) in [5.41, 5.74) is 4.98. The molecule has 0 spiro atoms. The number of methoxy groups -OCH3 is 2. The molecule has 0 aliphatic carbocycles. The van der Waals surface area contributed by atoms with E-state index < -0.39 is 0 Å². The van der Waals surface area contributed by atoms with E-state index in [0.29, 0.717) is 51.6 Å². The van der Waals surface area contributed by atoms with Gasteiger partial charge in [-0.25, -0.2) is 4.99 Å². The van der Waals surface area contributed by atoms with Gasteiger partial charge in [0.05, 0.1) is 30.8 Å². The first-order valence-corrected chi connectivity index (χ1v) is 12.0. The topological polar surface area (TPSA) is 63.5 Å². The lowest BCUT2D eigenvalue weighted by Gasteiger charge is -2.17. The fourth-order valence-corrected chi connectivity index (χ4v) is 4.89. The summed E-state index contributed by atoms with van der Waals surface area (Å²) in [6, 6.07) is 7.61. The number of nitrogens with zero attached hydrogens (tertiary/aromatic N) is 3. The molecule has 0 radical (unpaired) electrons. The number of amides is 1. The zero-order valence-electron chi connectivity index (χ0n) is 20.1. The molecule has 0 bridgehead atoms. The molecule has 0 atom stereocenters. The second-order valence-corrected chi connectivity index (χ2v) is 8.80. The molecule has 2 aliphatic heterocycles. The van der Waals surface area contributed by atoms with Gasteiger partial charge in [-0.3, -0.25) is 9.79 Å². The largest absolute Gasteiger partial charge is 0.495 e. The van der Waals surface area contributed by atoms with E-state index in [1.165, 1.54) is 20.3 Å². The molecule has 36 heavy (non-hydrogen) atoms. The normalized spacial score (nSPS) is 16.0. The van der Waals surface area contributed by atoms with Crippen LogP contribution in [0.3, 0.4) is 0 Å². The zero-order chi connectivity index (χ0) is 25.8.